The molecule has 128 valence electrons. The van der Waals surface area contributed by atoms with E-state index in [1.165, 1.54) is 0 Å². The first-order chi connectivity index (χ1) is 12.2. The number of fused-ring (bicyclic) bond motifs is 1. The van der Waals surface area contributed by atoms with Crippen molar-refractivity contribution in [1.29, 1.82) is 0 Å². The van der Waals surface area contributed by atoms with Crippen LogP contribution >= 0.6 is 0 Å². The second-order valence-electron chi connectivity index (χ2n) is 5.07. The topological polar surface area (TPSA) is 63.2 Å². The lowest BCUT2D eigenvalue weighted by Gasteiger charge is -2.11. The fourth-order valence-corrected chi connectivity index (χ4v) is 2.43. The average Bonchev–Trinajstić information content (AvgIpc) is 3.11. The number of hydrogen-bond acceptors (Lipinski definition) is 6. The van der Waals surface area contributed by atoms with Crippen LogP contribution in [0.4, 0.5) is 0 Å². The van der Waals surface area contributed by atoms with Gasteiger partial charge in [-0.05, 0) is 6.07 Å². The van der Waals surface area contributed by atoms with Crippen molar-refractivity contribution in [2.45, 2.75) is 0 Å². The molecule has 2 aromatic rings. The highest BCUT2D eigenvalue weighted by atomic mass is 16.7. The van der Waals surface area contributed by atoms with E-state index in [1.54, 1.807) is 45.6 Å². The van der Waals surface area contributed by atoms with Crippen LogP contribution in [-0.2, 0) is 0 Å². The monoisotopic (exact) mass is 340 g/mol. The fourth-order valence-electron chi connectivity index (χ4n) is 2.43. The number of aldehydes is 1. The van der Waals surface area contributed by atoms with Crippen molar-refractivity contribution in [2.24, 2.45) is 0 Å². The molecule has 0 bridgehead atoms. The van der Waals surface area contributed by atoms with E-state index in [-0.39, 0.29) is 6.79 Å². The molecule has 0 saturated heterocycles. The zero-order chi connectivity index (χ0) is 17.8. The Morgan fingerprint density at radius 3 is 2.08 bits per heavy atom. The smallest absolute Gasteiger partial charge is 0.231 e. The number of carbonyl (C=O) groups excluding carboxylic acids is 1. The van der Waals surface area contributed by atoms with Gasteiger partial charge >= 0.3 is 0 Å². The lowest BCUT2D eigenvalue weighted by atomic mass is 10.1. The zero-order valence-corrected chi connectivity index (χ0v) is 14.0. The van der Waals surface area contributed by atoms with Crippen LogP contribution < -0.4 is 23.7 Å². The highest BCUT2D eigenvalue weighted by Gasteiger charge is 2.16. The Morgan fingerprint density at radius 1 is 0.840 bits per heavy atom. The highest BCUT2D eigenvalue weighted by molar-refractivity contribution is 5.81. The summed E-state index contributed by atoms with van der Waals surface area (Å²) in [6.45, 7) is 0.133. The van der Waals surface area contributed by atoms with Crippen molar-refractivity contribution in [3.05, 3.63) is 41.0 Å². The first-order valence-electron chi connectivity index (χ1n) is 7.41. The third-order valence-corrected chi connectivity index (χ3v) is 3.71. The van der Waals surface area contributed by atoms with Crippen molar-refractivity contribution >= 4 is 6.29 Å². The Labute approximate surface area is 145 Å². The van der Waals surface area contributed by atoms with Gasteiger partial charge in [-0.3, -0.25) is 4.79 Å². The van der Waals surface area contributed by atoms with Gasteiger partial charge in [0.05, 0.1) is 26.9 Å². The second-order valence-corrected chi connectivity index (χ2v) is 5.07. The predicted molar refractivity (Wildman–Crippen MR) is 90.0 cm³/mol. The molecular formula is C19H16O6. The van der Waals surface area contributed by atoms with E-state index < -0.39 is 0 Å². The van der Waals surface area contributed by atoms with Crippen molar-refractivity contribution in [1.82, 2.24) is 0 Å². The van der Waals surface area contributed by atoms with Gasteiger partial charge in [0.2, 0.25) is 6.79 Å². The van der Waals surface area contributed by atoms with Crippen LogP contribution in [-0.4, -0.2) is 34.4 Å². The third kappa shape index (κ3) is 3.17. The maximum absolute atomic E-state index is 11.3. The number of methoxy groups -OCH3 is 3. The minimum Gasteiger partial charge on any atom is -0.495 e. The van der Waals surface area contributed by atoms with Gasteiger partial charge in [-0.15, -0.1) is 0 Å². The van der Waals surface area contributed by atoms with E-state index in [1.807, 2.05) is 0 Å². The molecule has 3 rings (SSSR count). The molecular weight excluding hydrogens is 324 g/mol. The molecule has 0 amide bonds. The molecule has 0 atom stereocenters. The van der Waals surface area contributed by atoms with Crippen LogP contribution in [0.15, 0.2) is 24.3 Å². The molecule has 1 aliphatic heterocycles. The summed E-state index contributed by atoms with van der Waals surface area (Å²) < 4.78 is 26.5. The van der Waals surface area contributed by atoms with E-state index in [0.29, 0.717) is 45.4 Å². The standard InChI is InChI=1S/C19H16O6/c1-21-15-9-17(23-3)16(22-2)7-13(15)5-4-12-6-18-19(25-11-24-18)8-14(12)10-20/h6-10H,11H2,1-3H3. The van der Waals surface area contributed by atoms with E-state index in [2.05, 4.69) is 11.8 Å². The van der Waals surface area contributed by atoms with E-state index >= 15 is 0 Å². The minimum atomic E-state index is 0.133. The molecule has 6 heteroatoms. The Kier molecular flexibility index (Phi) is 4.66. The van der Waals surface area contributed by atoms with Crippen LogP contribution in [0, 0.1) is 11.8 Å². The molecule has 0 spiro atoms. The van der Waals surface area contributed by atoms with Gasteiger partial charge in [-0.25, -0.2) is 0 Å². The molecule has 6 nitrogen and oxygen atoms in total. The highest BCUT2D eigenvalue weighted by Crippen LogP contribution is 2.35. The van der Waals surface area contributed by atoms with E-state index in [4.69, 9.17) is 23.7 Å². The van der Waals surface area contributed by atoms with Gasteiger partial charge in [0, 0.05) is 29.3 Å². The third-order valence-electron chi connectivity index (χ3n) is 3.71. The zero-order valence-electron chi connectivity index (χ0n) is 14.0. The van der Waals surface area contributed by atoms with Crippen molar-refractivity contribution in [3.8, 4) is 40.6 Å². The first-order valence-corrected chi connectivity index (χ1v) is 7.41. The SMILES string of the molecule is COc1cc(OC)c(OC)cc1C#Cc1cc2c(cc1C=O)OCO2. The number of carbonyl (C=O) groups is 1. The van der Waals surface area contributed by atoms with Crippen molar-refractivity contribution in [3.63, 3.8) is 0 Å². The molecule has 2 aromatic carbocycles. The number of rotatable bonds is 4. The van der Waals surface area contributed by atoms with Crippen molar-refractivity contribution in [2.75, 3.05) is 28.1 Å². The lowest BCUT2D eigenvalue weighted by Crippen LogP contribution is -1.95. The number of ether oxygens (including phenoxy) is 5. The summed E-state index contributed by atoms with van der Waals surface area (Å²) in [5.74, 6) is 8.71. The lowest BCUT2D eigenvalue weighted by molar-refractivity contribution is 0.112. The van der Waals surface area contributed by atoms with Gasteiger partial charge in [-0.2, -0.15) is 0 Å². The second kappa shape index (κ2) is 7.05. The summed E-state index contributed by atoms with van der Waals surface area (Å²) >= 11 is 0. The summed E-state index contributed by atoms with van der Waals surface area (Å²) in [5, 5.41) is 0. The molecule has 0 radical (unpaired) electrons. The molecule has 0 aromatic heterocycles. The van der Waals surface area contributed by atoms with E-state index in [9.17, 15) is 4.79 Å². The Balaban J connectivity index is 2.06. The summed E-state index contributed by atoms with van der Waals surface area (Å²) in [5.41, 5.74) is 1.57. The van der Waals surface area contributed by atoms with Gasteiger partial charge in [0.15, 0.2) is 29.3 Å². The molecule has 1 heterocycles. The Bertz CT molecular complexity index is 876. The molecule has 25 heavy (non-hydrogen) atoms. The van der Waals surface area contributed by atoms with Gasteiger partial charge in [0.1, 0.15) is 5.75 Å². The van der Waals surface area contributed by atoms with Crippen LogP contribution in [0.2, 0.25) is 0 Å². The molecule has 0 fully saturated rings. The van der Waals surface area contributed by atoms with Crippen LogP contribution in [0.25, 0.3) is 0 Å². The summed E-state index contributed by atoms with van der Waals surface area (Å²) in [6.07, 6.45) is 0.734. The van der Waals surface area contributed by atoms with Crippen LogP contribution in [0.3, 0.4) is 0 Å². The average molecular weight is 340 g/mol. The first kappa shape index (κ1) is 16.5. The maximum atomic E-state index is 11.3. The van der Waals surface area contributed by atoms with Crippen LogP contribution in [0.1, 0.15) is 21.5 Å². The summed E-state index contributed by atoms with van der Waals surface area (Å²) in [4.78, 5) is 11.3. The molecule has 0 aliphatic carbocycles. The van der Waals surface area contributed by atoms with Gasteiger partial charge in [-0.1, -0.05) is 11.8 Å². The number of hydrogen-bond donors (Lipinski definition) is 0. The fraction of sp³-hybridized carbons (Fsp3) is 0.211. The molecule has 0 unspecified atom stereocenters. The molecule has 0 saturated carbocycles. The Morgan fingerprint density at radius 2 is 1.44 bits per heavy atom. The number of benzene rings is 2. The normalized spacial score (nSPS) is 11.3. The van der Waals surface area contributed by atoms with Gasteiger partial charge in [0.25, 0.3) is 0 Å². The quantitative estimate of drug-likeness (QED) is 0.630. The predicted octanol–water partition coefficient (Wildman–Crippen LogP) is 2.65. The minimum absolute atomic E-state index is 0.133. The largest absolute Gasteiger partial charge is 0.495 e. The summed E-state index contributed by atoms with van der Waals surface area (Å²) in [6, 6.07) is 6.72. The molecule has 1 aliphatic rings. The Hall–Kier alpha value is -3.33. The summed E-state index contributed by atoms with van der Waals surface area (Å²) in [7, 11) is 4.64. The maximum Gasteiger partial charge on any atom is 0.231 e. The molecule has 0 N–H and O–H groups in total. The van der Waals surface area contributed by atoms with Gasteiger partial charge < -0.3 is 23.7 Å². The van der Waals surface area contributed by atoms with Crippen molar-refractivity contribution < 1.29 is 28.5 Å². The van der Waals surface area contributed by atoms with E-state index in [0.717, 1.165) is 6.29 Å². The van der Waals surface area contributed by atoms with Crippen LogP contribution in [0.5, 0.6) is 28.7 Å².